The molecule has 1 amide bonds. The summed E-state index contributed by atoms with van der Waals surface area (Å²) in [6.45, 7) is 0.323. The first kappa shape index (κ1) is 18.4. The van der Waals surface area contributed by atoms with Crippen molar-refractivity contribution in [2.24, 2.45) is 0 Å². The number of pyridine rings is 1. The molecule has 138 valence electrons. The predicted molar refractivity (Wildman–Crippen MR) is 107 cm³/mol. The first-order valence-corrected chi connectivity index (χ1v) is 8.55. The highest BCUT2D eigenvalue weighted by molar-refractivity contribution is 6.03. The van der Waals surface area contributed by atoms with Crippen molar-refractivity contribution in [2.45, 2.75) is 6.54 Å². The number of aromatic nitrogens is 1. The highest BCUT2D eigenvalue weighted by Crippen LogP contribution is 2.17. The Kier molecular flexibility index (Phi) is 5.66. The lowest BCUT2D eigenvalue weighted by Gasteiger charge is -2.13. The Hall–Kier alpha value is -3.41. The number of hydrogen-bond donors (Lipinski definition) is 2. The van der Waals surface area contributed by atoms with E-state index in [9.17, 15) is 9.18 Å². The molecule has 3 aromatic rings. The molecule has 0 atom stereocenters. The Bertz CT molecular complexity index is 925. The predicted octanol–water partition coefficient (Wildman–Crippen LogP) is 4.15. The molecule has 0 saturated carbocycles. The lowest BCUT2D eigenvalue weighted by molar-refractivity contribution is 0.102. The lowest BCUT2D eigenvalue weighted by atomic mass is 10.2. The summed E-state index contributed by atoms with van der Waals surface area (Å²) < 4.78 is 13.7. The van der Waals surface area contributed by atoms with E-state index in [2.05, 4.69) is 15.6 Å². The summed E-state index contributed by atoms with van der Waals surface area (Å²) in [6.07, 6.45) is 1.55. The SMILES string of the molecule is CN(C)c1ccc(NC(=O)c2cc(NCc3ccccc3F)ccn2)cc1. The summed E-state index contributed by atoms with van der Waals surface area (Å²) in [5.41, 5.74) is 3.27. The molecular weight excluding hydrogens is 343 g/mol. The Balaban J connectivity index is 1.65. The van der Waals surface area contributed by atoms with Crippen LogP contribution in [-0.4, -0.2) is 25.0 Å². The minimum absolute atomic E-state index is 0.266. The normalized spacial score (nSPS) is 10.3. The zero-order chi connectivity index (χ0) is 19.2. The number of amides is 1. The molecule has 0 spiro atoms. The average Bonchev–Trinajstić information content (AvgIpc) is 2.68. The third kappa shape index (κ3) is 4.82. The third-order valence-electron chi connectivity index (χ3n) is 4.07. The van der Waals surface area contributed by atoms with Gasteiger partial charge < -0.3 is 15.5 Å². The Labute approximate surface area is 157 Å². The second kappa shape index (κ2) is 8.31. The highest BCUT2D eigenvalue weighted by Gasteiger charge is 2.09. The van der Waals surface area contributed by atoms with Crippen LogP contribution in [0.15, 0.2) is 66.9 Å². The topological polar surface area (TPSA) is 57.3 Å². The monoisotopic (exact) mass is 364 g/mol. The molecule has 1 aromatic heterocycles. The zero-order valence-corrected chi connectivity index (χ0v) is 15.2. The van der Waals surface area contributed by atoms with Gasteiger partial charge in [0.25, 0.3) is 5.91 Å². The van der Waals surface area contributed by atoms with Gasteiger partial charge >= 0.3 is 0 Å². The largest absolute Gasteiger partial charge is 0.381 e. The van der Waals surface area contributed by atoms with E-state index in [0.29, 0.717) is 23.5 Å². The molecule has 0 aliphatic heterocycles. The maximum atomic E-state index is 13.7. The smallest absolute Gasteiger partial charge is 0.274 e. The van der Waals surface area contributed by atoms with E-state index in [0.717, 1.165) is 5.69 Å². The van der Waals surface area contributed by atoms with Crippen LogP contribution in [0.25, 0.3) is 0 Å². The van der Waals surface area contributed by atoms with Crippen LogP contribution >= 0.6 is 0 Å². The minimum atomic E-state index is -0.304. The van der Waals surface area contributed by atoms with Gasteiger partial charge in [-0.25, -0.2) is 4.39 Å². The molecule has 27 heavy (non-hydrogen) atoms. The summed E-state index contributed by atoms with van der Waals surface area (Å²) in [6, 6.07) is 17.5. The van der Waals surface area contributed by atoms with Crippen molar-refractivity contribution in [1.82, 2.24) is 4.98 Å². The molecule has 0 radical (unpaired) electrons. The average molecular weight is 364 g/mol. The van der Waals surface area contributed by atoms with Crippen LogP contribution in [0, 0.1) is 5.82 Å². The fourth-order valence-electron chi connectivity index (χ4n) is 2.54. The van der Waals surface area contributed by atoms with E-state index in [-0.39, 0.29) is 17.4 Å². The molecule has 0 saturated heterocycles. The second-order valence-corrected chi connectivity index (χ2v) is 6.27. The van der Waals surface area contributed by atoms with E-state index in [1.165, 1.54) is 6.07 Å². The van der Waals surface area contributed by atoms with Gasteiger partial charge in [0.05, 0.1) is 0 Å². The molecule has 0 unspecified atom stereocenters. The van der Waals surface area contributed by atoms with Crippen molar-refractivity contribution >= 4 is 23.0 Å². The number of nitrogens with one attached hydrogen (secondary N) is 2. The van der Waals surface area contributed by atoms with Gasteiger partial charge in [0.2, 0.25) is 0 Å². The van der Waals surface area contributed by atoms with Crippen LogP contribution in [0.4, 0.5) is 21.5 Å². The molecule has 2 aromatic carbocycles. The van der Waals surface area contributed by atoms with Crippen molar-refractivity contribution in [3.8, 4) is 0 Å². The number of halogens is 1. The van der Waals surface area contributed by atoms with Crippen molar-refractivity contribution in [2.75, 3.05) is 29.6 Å². The van der Waals surface area contributed by atoms with Gasteiger partial charge in [-0.05, 0) is 42.5 Å². The number of rotatable bonds is 6. The lowest BCUT2D eigenvalue weighted by Crippen LogP contribution is -2.14. The van der Waals surface area contributed by atoms with Crippen LogP contribution in [-0.2, 0) is 6.54 Å². The van der Waals surface area contributed by atoms with Crippen LogP contribution in [0.5, 0.6) is 0 Å². The quantitative estimate of drug-likeness (QED) is 0.690. The third-order valence-corrected chi connectivity index (χ3v) is 4.07. The van der Waals surface area contributed by atoms with Gasteiger partial charge in [0.1, 0.15) is 11.5 Å². The van der Waals surface area contributed by atoms with E-state index in [1.54, 1.807) is 36.5 Å². The Morgan fingerprint density at radius 2 is 1.78 bits per heavy atom. The summed E-state index contributed by atoms with van der Waals surface area (Å²) >= 11 is 0. The Morgan fingerprint density at radius 1 is 1.04 bits per heavy atom. The van der Waals surface area contributed by atoms with Crippen molar-refractivity contribution in [1.29, 1.82) is 0 Å². The second-order valence-electron chi connectivity index (χ2n) is 6.27. The number of hydrogen-bond acceptors (Lipinski definition) is 4. The van der Waals surface area contributed by atoms with Crippen LogP contribution in [0.2, 0.25) is 0 Å². The zero-order valence-electron chi connectivity index (χ0n) is 15.2. The first-order valence-electron chi connectivity index (χ1n) is 8.55. The van der Waals surface area contributed by atoms with E-state index >= 15 is 0 Å². The van der Waals surface area contributed by atoms with E-state index in [1.807, 2.05) is 43.3 Å². The molecule has 6 heteroatoms. The van der Waals surface area contributed by atoms with Gasteiger partial charge in [0, 0.05) is 49.5 Å². The number of carbonyl (C=O) groups excluding carboxylic acids is 1. The molecule has 0 aliphatic rings. The maximum Gasteiger partial charge on any atom is 0.274 e. The Morgan fingerprint density at radius 3 is 2.48 bits per heavy atom. The van der Waals surface area contributed by atoms with E-state index in [4.69, 9.17) is 0 Å². The van der Waals surface area contributed by atoms with Crippen molar-refractivity contribution < 1.29 is 9.18 Å². The van der Waals surface area contributed by atoms with Crippen molar-refractivity contribution in [3.05, 3.63) is 83.9 Å². The maximum absolute atomic E-state index is 13.7. The highest BCUT2D eigenvalue weighted by atomic mass is 19.1. The van der Waals surface area contributed by atoms with Gasteiger partial charge in [0.15, 0.2) is 0 Å². The van der Waals surface area contributed by atoms with Crippen LogP contribution < -0.4 is 15.5 Å². The van der Waals surface area contributed by atoms with Gasteiger partial charge in [-0.15, -0.1) is 0 Å². The van der Waals surface area contributed by atoms with Gasteiger partial charge in [-0.3, -0.25) is 9.78 Å². The number of benzene rings is 2. The molecular formula is C21H21FN4O. The fourth-order valence-corrected chi connectivity index (χ4v) is 2.54. The molecule has 3 rings (SSSR count). The van der Waals surface area contributed by atoms with Crippen LogP contribution in [0.3, 0.4) is 0 Å². The van der Waals surface area contributed by atoms with Gasteiger partial charge in [-0.2, -0.15) is 0 Å². The summed E-state index contributed by atoms with van der Waals surface area (Å²) in [4.78, 5) is 18.5. The van der Waals surface area contributed by atoms with Gasteiger partial charge in [-0.1, -0.05) is 18.2 Å². The molecule has 0 fully saturated rings. The first-order chi connectivity index (χ1) is 13.0. The number of nitrogens with zero attached hydrogens (tertiary/aromatic N) is 2. The molecule has 1 heterocycles. The van der Waals surface area contributed by atoms with E-state index < -0.39 is 0 Å². The van der Waals surface area contributed by atoms with Crippen molar-refractivity contribution in [3.63, 3.8) is 0 Å². The summed E-state index contributed by atoms with van der Waals surface area (Å²) in [5, 5.41) is 5.94. The minimum Gasteiger partial charge on any atom is -0.381 e. The summed E-state index contributed by atoms with van der Waals surface area (Å²) in [7, 11) is 3.91. The fraction of sp³-hybridized carbons (Fsp3) is 0.143. The standard InChI is InChI=1S/C21H21FN4O/c1-26(2)18-9-7-16(8-10-18)25-21(27)20-13-17(11-12-23-20)24-14-15-5-3-4-6-19(15)22/h3-13H,14H2,1-2H3,(H,23,24)(H,25,27). The molecule has 2 N–H and O–H groups in total. The molecule has 0 bridgehead atoms. The van der Waals surface area contributed by atoms with Crippen LogP contribution in [0.1, 0.15) is 16.1 Å². The number of anilines is 3. The summed E-state index contributed by atoms with van der Waals surface area (Å²) in [5.74, 6) is -0.569. The number of carbonyl (C=O) groups is 1. The molecule has 0 aliphatic carbocycles. The molecule has 5 nitrogen and oxygen atoms in total.